The highest BCUT2D eigenvalue weighted by atomic mass is 16.5. The molecule has 0 aromatic carbocycles. The maximum atomic E-state index is 12.2. The summed E-state index contributed by atoms with van der Waals surface area (Å²) in [6.45, 7) is 2.94. The van der Waals surface area contributed by atoms with Gasteiger partial charge >= 0.3 is 0 Å². The molecule has 2 aliphatic rings. The fourth-order valence-electron chi connectivity index (χ4n) is 2.94. The van der Waals surface area contributed by atoms with Crippen LogP contribution in [0.2, 0.25) is 0 Å². The summed E-state index contributed by atoms with van der Waals surface area (Å²) in [5.41, 5.74) is 1.83. The van der Waals surface area contributed by atoms with Crippen molar-refractivity contribution in [1.82, 2.24) is 20.0 Å². The zero-order chi connectivity index (χ0) is 17.4. The lowest BCUT2D eigenvalue weighted by molar-refractivity contribution is -0.130. The molecule has 0 bridgehead atoms. The molecule has 0 unspecified atom stereocenters. The van der Waals surface area contributed by atoms with Gasteiger partial charge in [-0.15, -0.1) is 0 Å². The van der Waals surface area contributed by atoms with Crippen LogP contribution >= 0.6 is 0 Å². The van der Waals surface area contributed by atoms with Gasteiger partial charge in [0, 0.05) is 38.7 Å². The topological polar surface area (TPSA) is 101 Å². The molecule has 0 spiro atoms. The highest BCUT2D eigenvalue weighted by Gasteiger charge is 2.33. The van der Waals surface area contributed by atoms with E-state index in [0.29, 0.717) is 43.5 Å². The van der Waals surface area contributed by atoms with Gasteiger partial charge in [-0.3, -0.25) is 9.59 Å². The number of nitrogens with zero attached hydrogens (tertiary/aromatic N) is 4. The summed E-state index contributed by atoms with van der Waals surface area (Å²) in [5, 5.41) is 6.63. The molecule has 0 atom stereocenters. The van der Waals surface area contributed by atoms with Gasteiger partial charge in [-0.2, -0.15) is 4.98 Å². The van der Waals surface area contributed by atoms with E-state index >= 15 is 0 Å². The molecule has 8 heteroatoms. The summed E-state index contributed by atoms with van der Waals surface area (Å²) in [7, 11) is 0. The Morgan fingerprint density at radius 1 is 1.40 bits per heavy atom. The quantitative estimate of drug-likeness (QED) is 0.846. The van der Waals surface area contributed by atoms with E-state index in [1.165, 1.54) is 0 Å². The Balaban J connectivity index is 1.36. The van der Waals surface area contributed by atoms with E-state index in [1.807, 2.05) is 6.07 Å². The highest BCUT2D eigenvalue weighted by Crippen LogP contribution is 2.25. The molecule has 1 saturated heterocycles. The largest absolute Gasteiger partial charge is 0.340 e. The van der Waals surface area contributed by atoms with Crippen molar-refractivity contribution >= 4 is 23.7 Å². The summed E-state index contributed by atoms with van der Waals surface area (Å²) in [6.07, 6.45) is 6.07. The number of rotatable bonds is 3. The van der Waals surface area contributed by atoms with E-state index < -0.39 is 0 Å². The first kappa shape index (κ1) is 15.5. The molecule has 2 aliphatic heterocycles. The van der Waals surface area contributed by atoms with Gasteiger partial charge in [0.1, 0.15) is 5.82 Å². The molecule has 0 saturated carbocycles. The van der Waals surface area contributed by atoms with Crippen molar-refractivity contribution in [2.45, 2.75) is 25.7 Å². The van der Waals surface area contributed by atoms with Crippen molar-refractivity contribution in [2.75, 3.05) is 18.4 Å². The number of nitrogens with one attached hydrogen (secondary N) is 1. The highest BCUT2D eigenvalue weighted by molar-refractivity contribution is 5.94. The lowest BCUT2D eigenvalue weighted by Gasteiger charge is -2.36. The molecule has 8 nitrogen and oxygen atoms in total. The van der Waals surface area contributed by atoms with Gasteiger partial charge < -0.3 is 14.7 Å². The molecule has 2 amide bonds. The predicted molar refractivity (Wildman–Crippen MR) is 88.6 cm³/mol. The molecular weight excluding hydrogens is 322 g/mol. The van der Waals surface area contributed by atoms with Crippen LogP contribution in [-0.2, 0) is 16.0 Å². The number of anilines is 1. The van der Waals surface area contributed by atoms with E-state index in [0.717, 1.165) is 11.1 Å². The van der Waals surface area contributed by atoms with Crippen LogP contribution in [0.4, 0.5) is 5.82 Å². The Kier molecular flexibility index (Phi) is 3.79. The maximum Gasteiger partial charge on any atom is 0.246 e. The molecule has 0 aliphatic carbocycles. The first-order valence-electron chi connectivity index (χ1n) is 8.14. The summed E-state index contributed by atoms with van der Waals surface area (Å²) in [6, 6.07) is 1.95. The monoisotopic (exact) mass is 339 g/mol. The van der Waals surface area contributed by atoms with Crippen LogP contribution < -0.4 is 5.32 Å². The third-order valence-corrected chi connectivity index (χ3v) is 4.39. The lowest BCUT2D eigenvalue weighted by atomic mass is 9.99. The van der Waals surface area contributed by atoms with Crippen LogP contribution in [0, 0.1) is 6.92 Å². The summed E-state index contributed by atoms with van der Waals surface area (Å²) >= 11 is 0. The number of pyridine rings is 1. The van der Waals surface area contributed by atoms with Crippen LogP contribution in [0.5, 0.6) is 0 Å². The molecular formula is C17H17N5O3. The van der Waals surface area contributed by atoms with E-state index in [9.17, 15) is 9.59 Å². The number of carbonyl (C=O) groups excluding carboxylic acids is 2. The van der Waals surface area contributed by atoms with Gasteiger partial charge in [0.25, 0.3) is 0 Å². The maximum absolute atomic E-state index is 12.2. The molecule has 25 heavy (non-hydrogen) atoms. The number of hydrogen-bond acceptors (Lipinski definition) is 6. The number of aryl methyl sites for hydroxylation is 2. The van der Waals surface area contributed by atoms with E-state index in [4.69, 9.17) is 4.52 Å². The van der Waals surface area contributed by atoms with Crippen molar-refractivity contribution in [3.63, 3.8) is 0 Å². The van der Waals surface area contributed by atoms with Crippen molar-refractivity contribution in [2.24, 2.45) is 0 Å². The number of carbonyl (C=O) groups is 2. The van der Waals surface area contributed by atoms with Crippen LogP contribution in [0.15, 0.2) is 22.9 Å². The SMILES string of the molecule is Cc1nc(C2CN(C(=O)/C=C/c3cnc4c(c3)CCC(=O)N4)C2)no1. The second-order valence-corrected chi connectivity index (χ2v) is 6.27. The van der Waals surface area contributed by atoms with Crippen LogP contribution in [0.3, 0.4) is 0 Å². The van der Waals surface area contributed by atoms with Gasteiger partial charge in [-0.1, -0.05) is 5.16 Å². The Hall–Kier alpha value is -3.03. The van der Waals surface area contributed by atoms with E-state index in [-0.39, 0.29) is 17.7 Å². The molecule has 4 rings (SSSR count). The zero-order valence-electron chi connectivity index (χ0n) is 13.7. The fourth-order valence-corrected chi connectivity index (χ4v) is 2.94. The van der Waals surface area contributed by atoms with Gasteiger partial charge in [-0.05, 0) is 29.7 Å². The Morgan fingerprint density at radius 3 is 3.00 bits per heavy atom. The standard InChI is InChI=1S/C17H17N5O3/c1-10-19-17(21-25-10)13-8-22(9-13)15(24)5-2-11-6-12-3-4-14(23)20-16(12)18-7-11/h2,5-7,13H,3-4,8-9H2,1H3,(H,18,20,23)/b5-2+. The molecule has 1 N–H and O–H groups in total. The second kappa shape index (κ2) is 6.12. The normalized spacial score (nSPS) is 17.3. The van der Waals surface area contributed by atoms with Crippen LogP contribution in [-0.4, -0.2) is 44.9 Å². The fraction of sp³-hybridized carbons (Fsp3) is 0.353. The molecule has 2 aromatic heterocycles. The van der Waals surface area contributed by atoms with Crippen molar-refractivity contribution in [3.8, 4) is 0 Å². The van der Waals surface area contributed by atoms with Gasteiger partial charge in [0.05, 0.1) is 5.92 Å². The second-order valence-electron chi connectivity index (χ2n) is 6.27. The Labute approximate surface area is 143 Å². The predicted octanol–water partition coefficient (Wildman–Crippen LogP) is 1.30. The van der Waals surface area contributed by atoms with Gasteiger partial charge in [0.2, 0.25) is 17.7 Å². The number of likely N-dealkylation sites (tertiary alicyclic amines) is 1. The average molecular weight is 339 g/mol. The van der Waals surface area contributed by atoms with E-state index in [2.05, 4.69) is 20.4 Å². The van der Waals surface area contributed by atoms with Crippen LogP contribution in [0.1, 0.15) is 35.2 Å². The summed E-state index contributed by atoms with van der Waals surface area (Å²) in [4.78, 5) is 33.7. The van der Waals surface area contributed by atoms with Crippen molar-refractivity contribution in [1.29, 1.82) is 0 Å². The molecule has 0 radical (unpaired) electrons. The number of aromatic nitrogens is 3. The smallest absolute Gasteiger partial charge is 0.246 e. The van der Waals surface area contributed by atoms with Gasteiger partial charge in [0.15, 0.2) is 5.82 Å². The Bertz CT molecular complexity index is 867. The minimum atomic E-state index is -0.0532. The zero-order valence-corrected chi connectivity index (χ0v) is 13.7. The van der Waals surface area contributed by atoms with Gasteiger partial charge in [-0.25, -0.2) is 4.98 Å². The summed E-state index contributed by atoms with van der Waals surface area (Å²) in [5.74, 6) is 1.89. The third kappa shape index (κ3) is 3.15. The van der Waals surface area contributed by atoms with Crippen molar-refractivity contribution in [3.05, 3.63) is 41.2 Å². The molecule has 4 heterocycles. The molecule has 2 aromatic rings. The first-order chi connectivity index (χ1) is 12.1. The van der Waals surface area contributed by atoms with Crippen LogP contribution in [0.25, 0.3) is 6.08 Å². The number of amides is 2. The number of hydrogen-bond donors (Lipinski definition) is 1. The minimum Gasteiger partial charge on any atom is -0.340 e. The number of fused-ring (bicyclic) bond motifs is 1. The first-order valence-corrected chi connectivity index (χ1v) is 8.14. The lowest BCUT2D eigenvalue weighted by Crippen LogP contribution is -2.48. The Morgan fingerprint density at radius 2 is 2.24 bits per heavy atom. The summed E-state index contributed by atoms with van der Waals surface area (Å²) < 4.78 is 4.96. The minimum absolute atomic E-state index is 0.0115. The molecule has 128 valence electrons. The van der Waals surface area contributed by atoms with E-state index in [1.54, 1.807) is 30.2 Å². The average Bonchev–Trinajstić information content (AvgIpc) is 2.97. The van der Waals surface area contributed by atoms with Crippen molar-refractivity contribution < 1.29 is 14.1 Å². The third-order valence-electron chi connectivity index (χ3n) is 4.39. The molecule has 1 fully saturated rings.